The summed E-state index contributed by atoms with van der Waals surface area (Å²) in [5.74, 6) is -3.23. The molecule has 4 nitrogen and oxygen atoms in total. The molecular formula is C18H18O4. The highest BCUT2D eigenvalue weighted by atomic mass is 16.4. The minimum absolute atomic E-state index is 0.283. The Kier molecular flexibility index (Phi) is 5.31. The molecule has 22 heavy (non-hydrogen) atoms. The first-order valence-electron chi connectivity index (χ1n) is 7.15. The van der Waals surface area contributed by atoms with Crippen molar-refractivity contribution in [2.45, 2.75) is 24.7 Å². The molecule has 0 aliphatic rings. The van der Waals surface area contributed by atoms with Crippen LogP contribution in [0.25, 0.3) is 0 Å². The highest BCUT2D eigenvalue weighted by Crippen LogP contribution is 2.28. The highest BCUT2D eigenvalue weighted by molar-refractivity contribution is 5.77. The molecular weight excluding hydrogens is 280 g/mol. The molecule has 0 saturated heterocycles. The average molecular weight is 298 g/mol. The van der Waals surface area contributed by atoms with E-state index < -0.39 is 23.8 Å². The van der Waals surface area contributed by atoms with E-state index >= 15 is 0 Å². The van der Waals surface area contributed by atoms with Gasteiger partial charge in [0.2, 0.25) is 0 Å². The molecule has 2 aromatic rings. The normalized spacial score (nSPS) is 13.3. The van der Waals surface area contributed by atoms with E-state index in [2.05, 4.69) is 0 Å². The SMILES string of the molecule is O=C(O)[C@@H](CC[C@H](C(=O)O)c1ccccc1)c1ccccc1. The third-order valence-electron chi connectivity index (χ3n) is 3.74. The lowest BCUT2D eigenvalue weighted by Gasteiger charge is -2.17. The van der Waals surface area contributed by atoms with E-state index in [1.54, 1.807) is 48.5 Å². The Bertz CT molecular complexity index is 565. The van der Waals surface area contributed by atoms with Crippen LogP contribution in [0.5, 0.6) is 0 Å². The highest BCUT2D eigenvalue weighted by Gasteiger charge is 2.25. The molecule has 2 N–H and O–H groups in total. The maximum atomic E-state index is 11.5. The molecule has 0 amide bonds. The van der Waals surface area contributed by atoms with Gasteiger partial charge in [-0.3, -0.25) is 9.59 Å². The van der Waals surface area contributed by atoms with Gasteiger partial charge in [0.1, 0.15) is 0 Å². The Morgan fingerprint density at radius 1 is 0.682 bits per heavy atom. The summed E-state index contributed by atoms with van der Waals surface area (Å²) in [7, 11) is 0. The minimum atomic E-state index is -0.927. The van der Waals surface area contributed by atoms with Crippen LogP contribution in [0.1, 0.15) is 35.8 Å². The molecule has 0 aliphatic heterocycles. The Balaban J connectivity index is 2.14. The predicted molar refractivity (Wildman–Crippen MR) is 82.9 cm³/mol. The summed E-state index contributed by atoms with van der Waals surface area (Å²) >= 11 is 0. The van der Waals surface area contributed by atoms with Gasteiger partial charge in [0.05, 0.1) is 11.8 Å². The molecule has 2 atom stereocenters. The second kappa shape index (κ2) is 7.41. The fourth-order valence-electron chi connectivity index (χ4n) is 2.57. The third kappa shape index (κ3) is 3.95. The molecule has 0 unspecified atom stereocenters. The van der Waals surface area contributed by atoms with Crippen LogP contribution in [0.4, 0.5) is 0 Å². The smallest absolute Gasteiger partial charge is 0.310 e. The van der Waals surface area contributed by atoms with Crippen molar-refractivity contribution in [1.82, 2.24) is 0 Å². The molecule has 0 spiro atoms. The standard InChI is InChI=1S/C18H18O4/c19-17(20)15(13-7-3-1-4-8-13)11-12-16(18(21)22)14-9-5-2-6-10-14/h1-10,15-16H,11-12H2,(H,19,20)(H,21,22)/t15-,16-/m0/s1. The summed E-state index contributed by atoms with van der Waals surface area (Å²) in [4.78, 5) is 22.9. The Morgan fingerprint density at radius 3 is 1.27 bits per heavy atom. The van der Waals surface area contributed by atoms with Gasteiger partial charge in [-0.2, -0.15) is 0 Å². The van der Waals surface area contributed by atoms with Crippen LogP contribution in [0.3, 0.4) is 0 Å². The largest absolute Gasteiger partial charge is 0.481 e. The molecule has 0 heterocycles. The maximum Gasteiger partial charge on any atom is 0.310 e. The summed E-state index contributed by atoms with van der Waals surface area (Å²) in [5, 5.41) is 18.8. The van der Waals surface area contributed by atoms with E-state index in [0.29, 0.717) is 11.1 Å². The van der Waals surface area contributed by atoms with Gasteiger partial charge in [0, 0.05) is 0 Å². The van der Waals surface area contributed by atoms with Crippen LogP contribution < -0.4 is 0 Å². The number of hydrogen-bond acceptors (Lipinski definition) is 2. The van der Waals surface area contributed by atoms with Crippen molar-refractivity contribution in [3.63, 3.8) is 0 Å². The molecule has 0 aliphatic carbocycles. The Morgan fingerprint density at radius 2 is 1.00 bits per heavy atom. The van der Waals surface area contributed by atoms with Gasteiger partial charge < -0.3 is 10.2 Å². The van der Waals surface area contributed by atoms with Gasteiger partial charge in [0.15, 0.2) is 0 Å². The van der Waals surface area contributed by atoms with E-state index in [1.165, 1.54) is 0 Å². The Labute approximate surface area is 129 Å². The number of rotatable bonds is 7. The molecule has 2 aromatic carbocycles. The molecule has 4 heteroatoms. The lowest BCUT2D eigenvalue weighted by Crippen LogP contribution is -2.16. The topological polar surface area (TPSA) is 74.6 Å². The van der Waals surface area contributed by atoms with E-state index in [0.717, 1.165) is 0 Å². The first-order valence-corrected chi connectivity index (χ1v) is 7.15. The second-order valence-electron chi connectivity index (χ2n) is 5.18. The summed E-state index contributed by atoms with van der Waals surface area (Å²) in [6, 6.07) is 17.9. The number of benzene rings is 2. The summed E-state index contributed by atoms with van der Waals surface area (Å²) in [6.07, 6.45) is 0.566. The zero-order valence-electron chi connectivity index (χ0n) is 12.1. The van der Waals surface area contributed by atoms with Crippen molar-refractivity contribution in [2.24, 2.45) is 0 Å². The first kappa shape index (κ1) is 15.8. The van der Waals surface area contributed by atoms with Crippen molar-refractivity contribution in [1.29, 1.82) is 0 Å². The van der Waals surface area contributed by atoms with Gasteiger partial charge in [-0.1, -0.05) is 60.7 Å². The van der Waals surface area contributed by atoms with E-state index in [-0.39, 0.29) is 12.8 Å². The van der Waals surface area contributed by atoms with Crippen LogP contribution >= 0.6 is 0 Å². The molecule has 2 rings (SSSR count). The van der Waals surface area contributed by atoms with Crippen molar-refractivity contribution < 1.29 is 19.8 Å². The van der Waals surface area contributed by atoms with E-state index in [1.807, 2.05) is 12.1 Å². The lowest BCUT2D eigenvalue weighted by atomic mass is 9.87. The quantitative estimate of drug-likeness (QED) is 0.820. The molecule has 0 radical (unpaired) electrons. The number of aliphatic carboxylic acids is 2. The summed E-state index contributed by atoms with van der Waals surface area (Å²) < 4.78 is 0. The fourth-order valence-corrected chi connectivity index (χ4v) is 2.57. The van der Waals surface area contributed by atoms with Gasteiger partial charge >= 0.3 is 11.9 Å². The number of carboxylic acids is 2. The monoisotopic (exact) mass is 298 g/mol. The summed E-state index contributed by atoms with van der Waals surface area (Å²) in [5.41, 5.74) is 1.40. The summed E-state index contributed by atoms with van der Waals surface area (Å²) in [6.45, 7) is 0. The van der Waals surface area contributed by atoms with Crippen molar-refractivity contribution in [3.05, 3.63) is 71.8 Å². The molecule has 0 bridgehead atoms. The van der Waals surface area contributed by atoms with Crippen LogP contribution in [0, 0.1) is 0 Å². The van der Waals surface area contributed by atoms with E-state index in [4.69, 9.17) is 0 Å². The molecule has 0 fully saturated rings. The number of carbonyl (C=O) groups is 2. The van der Waals surface area contributed by atoms with Crippen molar-refractivity contribution in [3.8, 4) is 0 Å². The van der Waals surface area contributed by atoms with Crippen molar-refractivity contribution in [2.75, 3.05) is 0 Å². The number of hydrogen-bond donors (Lipinski definition) is 2. The molecule has 0 saturated carbocycles. The maximum absolute atomic E-state index is 11.5. The van der Waals surface area contributed by atoms with Crippen molar-refractivity contribution >= 4 is 11.9 Å². The second-order valence-corrected chi connectivity index (χ2v) is 5.18. The Hall–Kier alpha value is -2.62. The molecule has 114 valence electrons. The minimum Gasteiger partial charge on any atom is -0.481 e. The predicted octanol–water partition coefficient (Wildman–Crippen LogP) is 3.50. The van der Waals surface area contributed by atoms with Crippen LogP contribution in [-0.2, 0) is 9.59 Å². The average Bonchev–Trinajstić information content (AvgIpc) is 2.52. The van der Waals surface area contributed by atoms with Gasteiger partial charge in [-0.05, 0) is 24.0 Å². The fraction of sp³-hybridized carbons (Fsp3) is 0.222. The first-order chi connectivity index (χ1) is 10.6. The zero-order valence-corrected chi connectivity index (χ0v) is 12.1. The number of carboxylic acid groups (broad SMARTS) is 2. The van der Waals surface area contributed by atoms with Crippen LogP contribution in [-0.4, -0.2) is 22.2 Å². The van der Waals surface area contributed by atoms with E-state index in [9.17, 15) is 19.8 Å². The lowest BCUT2D eigenvalue weighted by molar-refractivity contribution is -0.141. The zero-order chi connectivity index (χ0) is 15.9. The molecule has 0 aromatic heterocycles. The van der Waals surface area contributed by atoms with Crippen LogP contribution in [0.15, 0.2) is 60.7 Å². The van der Waals surface area contributed by atoms with Gasteiger partial charge in [-0.15, -0.1) is 0 Å². The third-order valence-corrected chi connectivity index (χ3v) is 3.74. The van der Waals surface area contributed by atoms with Gasteiger partial charge in [0.25, 0.3) is 0 Å². The van der Waals surface area contributed by atoms with Crippen LogP contribution in [0.2, 0.25) is 0 Å². The van der Waals surface area contributed by atoms with Gasteiger partial charge in [-0.25, -0.2) is 0 Å².